The lowest BCUT2D eigenvalue weighted by molar-refractivity contribution is 0.192. The van der Waals surface area contributed by atoms with Gasteiger partial charge in [-0.25, -0.2) is 13.2 Å². The van der Waals surface area contributed by atoms with E-state index in [0.29, 0.717) is 37.3 Å². The van der Waals surface area contributed by atoms with E-state index >= 15 is 0 Å². The molecule has 3 heterocycles. The van der Waals surface area contributed by atoms with E-state index in [9.17, 15) is 18.0 Å². The van der Waals surface area contributed by atoms with Gasteiger partial charge in [0, 0.05) is 51.4 Å². The summed E-state index contributed by atoms with van der Waals surface area (Å²) in [6.45, 7) is 5.65. The van der Waals surface area contributed by atoms with E-state index < -0.39 is 29.5 Å². The van der Waals surface area contributed by atoms with Gasteiger partial charge in [-0.15, -0.1) is 0 Å². The highest BCUT2D eigenvalue weighted by molar-refractivity contribution is 5.57. The van der Waals surface area contributed by atoms with E-state index in [4.69, 9.17) is 10.5 Å². The number of anilines is 2. The van der Waals surface area contributed by atoms with E-state index in [1.807, 2.05) is 11.0 Å². The summed E-state index contributed by atoms with van der Waals surface area (Å²) >= 11 is 0. The second-order valence-corrected chi connectivity index (χ2v) is 10.0. The Morgan fingerprint density at radius 3 is 2.50 bits per heavy atom. The summed E-state index contributed by atoms with van der Waals surface area (Å²) in [5.74, 6) is -1.41. The van der Waals surface area contributed by atoms with Gasteiger partial charge in [-0.2, -0.15) is 9.78 Å². The van der Waals surface area contributed by atoms with Gasteiger partial charge >= 0.3 is 5.56 Å². The Morgan fingerprint density at radius 1 is 1.11 bits per heavy atom. The predicted molar refractivity (Wildman–Crippen MR) is 139 cm³/mol. The Balaban J connectivity index is 1.37. The maximum atomic E-state index is 13.9. The summed E-state index contributed by atoms with van der Waals surface area (Å²) in [4.78, 5) is 21.9. The first-order valence-electron chi connectivity index (χ1n) is 12.8. The van der Waals surface area contributed by atoms with Crippen molar-refractivity contribution < 1.29 is 17.9 Å². The van der Waals surface area contributed by atoms with E-state index in [1.54, 1.807) is 12.4 Å². The second-order valence-electron chi connectivity index (χ2n) is 10.0. The van der Waals surface area contributed by atoms with Crippen LogP contribution < -0.4 is 20.9 Å². The number of ether oxygens (including phenoxy) is 1. The average molecular weight is 529 g/mol. The number of nitrogens with two attached hydrogens (primary N) is 1. The van der Waals surface area contributed by atoms with Gasteiger partial charge < -0.3 is 15.4 Å². The quantitative estimate of drug-likeness (QED) is 0.501. The number of hydrogen-bond donors (Lipinski definition) is 1. The van der Waals surface area contributed by atoms with Crippen LogP contribution in [0.5, 0.6) is 5.75 Å². The molecule has 1 saturated heterocycles. The summed E-state index contributed by atoms with van der Waals surface area (Å²) in [6, 6.07) is 4.73. The van der Waals surface area contributed by atoms with Crippen molar-refractivity contribution in [1.29, 1.82) is 0 Å². The monoisotopic (exact) mass is 528 g/mol. The van der Waals surface area contributed by atoms with Crippen molar-refractivity contribution in [2.24, 2.45) is 0 Å². The molecule has 1 saturated carbocycles. The molecule has 11 heteroatoms. The number of nitrogens with zero attached hydrogens (tertiary/aromatic N) is 5. The number of halogens is 3. The highest BCUT2D eigenvalue weighted by Crippen LogP contribution is 2.32. The van der Waals surface area contributed by atoms with Crippen LogP contribution in [0.4, 0.5) is 24.5 Å². The van der Waals surface area contributed by atoms with Crippen molar-refractivity contribution in [2.75, 3.05) is 43.4 Å². The van der Waals surface area contributed by atoms with E-state index in [0.717, 1.165) is 48.1 Å². The third-order valence-corrected chi connectivity index (χ3v) is 7.27. The Bertz CT molecular complexity index is 1320. The molecule has 3 aromatic rings. The molecule has 1 aliphatic carbocycles. The Labute approximate surface area is 218 Å². The van der Waals surface area contributed by atoms with Gasteiger partial charge in [0.15, 0.2) is 0 Å². The van der Waals surface area contributed by atoms with Crippen molar-refractivity contribution in [2.45, 2.75) is 44.4 Å². The van der Waals surface area contributed by atoms with Crippen LogP contribution in [0, 0.1) is 11.6 Å². The minimum absolute atomic E-state index is 0.0233. The Hall–Kier alpha value is -3.60. The lowest BCUT2D eigenvalue weighted by Crippen LogP contribution is -2.48. The van der Waals surface area contributed by atoms with E-state index in [-0.39, 0.29) is 23.8 Å². The number of alkyl halides is 1. The average Bonchev–Trinajstić information content (AvgIpc) is 3.30. The van der Waals surface area contributed by atoms with Gasteiger partial charge in [0.25, 0.3) is 0 Å². The summed E-state index contributed by atoms with van der Waals surface area (Å²) in [5, 5.41) is 4.21. The molecule has 3 atom stereocenters. The summed E-state index contributed by atoms with van der Waals surface area (Å²) in [6.07, 6.45) is 4.50. The smallest absolute Gasteiger partial charge is 0.316 e. The summed E-state index contributed by atoms with van der Waals surface area (Å²) in [7, 11) is 0. The van der Waals surface area contributed by atoms with Crippen molar-refractivity contribution >= 4 is 11.4 Å². The zero-order valence-corrected chi connectivity index (χ0v) is 21.2. The molecule has 0 bridgehead atoms. The number of hydrogen-bond acceptors (Lipinski definition) is 7. The molecule has 202 valence electrons. The molecule has 1 aliphatic heterocycles. The lowest BCUT2D eigenvalue weighted by Gasteiger charge is -2.37. The fraction of sp³-hybridized carbons (Fsp3) is 0.444. The summed E-state index contributed by atoms with van der Waals surface area (Å²) < 4.78 is 48.6. The van der Waals surface area contributed by atoms with Gasteiger partial charge in [0.2, 0.25) is 5.75 Å². The zero-order chi connectivity index (χ0) is 26.8. The number of rotatable bonds is 7. The molecule has 2 aromatic heterocycles. The zero-order valence-electron chi connectivity index (χ0n) is 21.2. The SMILES string of the molecule is CC(CN1CCN(c2cnn(-c3cc(F)cc(F)c3)c(=O)c2OC2CCC(F)C2)CC1)c1ccncc1N. The van der Waals surface area contributed by atoms with E-state index in [1.165, 1.54) is 6.20 Å². The third-order valence-electron chi connectivity index (χ3n) is 7.27. The van der Waals surface area contributed by atoms with Crippen LogP contribution in [-0.2, 0) is 0 Å². The van der Waals surface area contributed by atoms with Gasteiger partial charge in [-0.3, -0.25) is 14.7 Å². The molecule has 3 unspecified atom stereocenters. The molecule has 8 nitrogen and oxygen atoms in total. The highest BCUT2D eigenvalue weighted by Gasteiger charge is 2.30. The fourth-order valence-corrected chi connectivity index (χ4v) is 5.30. The molecular formula is C27H31F3N6O2. The van der Waals surface area contributed by atoms with Crippen LogP contribution >= 0.6 is 0 Å². The minimum Gasteiger partial charge on any atom is -0.483 e. The standard InChI is InChI=1S/C27H31F3N6O2/c1-17(23-4-5-32-14-24(23)31)16-34-6-8-35(9-7-34)25-15-33-36(21-11-19(29)10-20(30)12-21)27(37)26(25)38-22-3-2-18(28)13-22/h4-5,10-12,14-15,17-18,22H,2-3,6-9,13,16,31H2,1H3. The normalized spacial score (nSPS) is 21.0. The largest absolute Gasteiger partial charge is 0.483 e. The van der Waals surface area contributed by atoms with Gasteiger partial charge in [-0.05, 0) is 42.5 Å². The van der Waals surface area contributed by atoms with Crippen molar-refractivity contribution in [3.05, 3.63) is 70.4 Å². The van der Waals surface area contributed by atoms with Crippen LogP contribution in [0.2, 0.25) is 0 Å². The number of pyridine rings is 1. The van der Waals surface area contributed by atoms with Crippen LogP contribution in [0.15, 0.2) is 47.7 Å². The molecule has 0 spiro atoms. The fourth-order valence-electron chi connectivity index (χ4n) is 5.30. The van der Waals surface area contributed by atoms with Gasteiger partial charge in [0.05, 0.1) is 23.8 Å². The molecule has 2 fully saturated rings. The number of piperazine rings is 1. The molecule has 2 aliphatic rings. The third kappa shape index (κ3) is 5.62. The highest BCUT2D eigenvalue weighted by atomic mass is 19.1. The van der Waals surface area contributed by atoms with Crippen LogP contribution in [-0.4, -0.2) is 64.7 Å². The Morgan fingerprint density at radius 2 is 1.84 bits per heavy atom. The maximum absolute atomic E-state index is 13.9. The predicted octanol–water partition coefficient (Wildman–Crippen LogP) is 3.68. The molecule has 38 heavy (non-hydrogen) atoms. The van der Waals surface area contributed by atoms with Crippen molar-refractivity contribution in [3.8, 4) is 11.4 Å². The van der Waals surface area contributed by atoms with Crippen molar-refractivity contribution in [3.63, 3.8) is 0 Å². The molecule has 0 radical (unpaired) electrons. The molecular weight excluding hydrogens is 497 g/mol. The number of benzene rings is 1. The van der Waals surface area contributed by atoms with Gasteiger partial charge in [-0.1, -0.05) is 6.92 Å². The molecule has 5 rings (SSSR count). The van der Waals surface area contributed by atoms with Crippen LogP contribution in [0.3, 0.4) is 0 Å². The number of aromatic nitrogens is 3. The first-order valence-corrected chi connectivity index (χ1v) is 12.8. The topological polar surface area (TPSA) is 89.5 Å². The molecule has 0 amide bonds. The van der Waals surface area contributed by atoms with E-state index in [2.05, 4.69) is 21.9 Å². The first kappa shape index (κ1) is 26.0. The molecule has 1 aromatic carbocycles. The minimum atomic E-state index is -0.982. The van der Waals surface area contributed by atoms with Crippen molar-refractivity contribution in [1.82, 2.24) is 19.7 Å². The Kier molecular flexibility index (Phi) is 7.55. The second kappa shape index (κ2) is 11.0. The summed E-state index contributed by atoms with van der Waals surface area (Å²) in [5.41, 5.74) is 7.64. The number of nitrogen functional groups attached to an aromatic ring is 1. The lowest BCUT2D eigenvalue weighted by atomic mass is 10.00. The van der Waals surface area contributed by atoms with Gasteiger partial charge in [0.1, 0.15) is 29.6 Å². The first-order chi connectivity index (χ1) is 18.3. The molecule has 2 N–H and O–H groups in total. The van der Waals surface area contributed by atoms with Crippen LogP contribution in [0.25, 0.3) is 5.69 Å². The maximum Gasteiger partial charge on any atom is 0.316 e. The van der Waals surface area contributed by atoms with Crippen LogP contribution in [0.1, 0.15) is 37.7 Å².